The van der Waals surface area contributed by atoms with Crippen LogP contribution < -0.4 is 0 Å². The predicted octanol–water partition coefficient (Wildman–Crippen LogP) is 6.44. The zero-order valence-electron chi connectivity index (χ0n) is 12.0. The molecule has 0 heterocycles. The number of benzene rings is 3. The maximum Gasteiger partial charge on any atom is 0.0844 e. The van der Waals surface area contributed by atoms with Crippen LogP contribution in [0.1, 0.15) is 27.6 Å². The highest BCUT2D eigenvalue weighted by atomic mass is 35.5. The summed E-state index contributed by atoms with van der Waals surface area (Å²) in [5.41, 5.74) is 4.46. The first-order valence-electron chi connectivity index (χ1n) is 6.96. The summed E-state index contributed by atoms with van der Waals surface area (Å²) in [6, 6.07) is 18.7. The van der Waals surface area contributed by atoms with Gasteiger partial charge in [0.2, 0.25) is 0 Å². The van der Waals surface area contributed by atoms with Crippen LogP contribution in [0.25, 0.3) is 10.8 Å². The van der Waals surface area contributed by atoms with Crippen molar-refractivity contribution < 1.29 is 0 Å². The lowest BCUT2D eigenvalue weighted by Gasteiger charge is -2.17. The second kappa shape index (κ2) is 5.71. The highest BCUT2D eigenvalue weighted by molar-refractivity contribution is 6.31. The van der Waals surface area contributed by atoms with E-state index in [1.54, 1.807) is 0 Å². The average molecular weight is 315 g/mol. The molecule has 2 heteroatoms. The van der Waals surface area contributed by atoms with Gasteiger partial charge in [-0.15, -0.1) is 11.6 Å². The Morgan fingerprint density at radius 2 is 1.57 bits per heavy atom. The molecule has 0 radical (unpaired) electrons. The molecule has 106 valence electrons. The van der Waals surface area contributed by atoms with Crippen LogP contribution in [0.2, 0.25) is 5.02 Å². The maximum absolute atomic E-state index is 6.78. The average Bonchev–Trinajstić information content (AvgIpc) is 2.49. The first kappa shape index (κ1) is 14.4. The Morgan fingerprint density at radius 3 is 2.33 bits per heavy atom. The van der Waals surface area contributed by atoms with Crippen molar-refractivity contribution in [2.75, 3.05) is 0 Å². The topological polar surface area (TPSA) is 0 Å². The quantitative estimate of drug-likeness (QED) is 0.477. The van der Waals surface area contributed by atoms with Crippen LogP contribution in [0.4, 0.5) is 0 Å². The van der Waals surface area contributed by atoms with Crippen molar-refractivity contribution in [2.24, 2.45) is 0 Å². The van der Waals surface area contributed by atoms with Crippen molar-refractivity contribution in [2.45, 2.75) is 19.2 Å². The molecule has 1 unspecified atom stereocenters. The highest BCUT2D eigenvalue weighted by Crippen LogP contribution is 2.37. The van der Waals surface area contributed by atoms with Gasteiger partial charge in [-0.3, -0.25) is 0 Å². The Morgan fingerprint density at radius 1 is 0.857 bits per heavy atom. The van der Waals surface area contributed by atoms with Gasteiger partial charge in [-0.2, -0.15) is 0 Å². The molecule has 0 bridgehead atoms. The Bertz CT molecular complexity index is 806. The normalized spacial score (nSPS) is 12.6. The van der Waals surface area contributed by atoms with Crippen LogP contribution in [0.5, 0.6) is 0 Å². The van der Waals surface area contributed by atoms with E-state index < -0.39 is 0 Å². The Balaban J connectivity index is 2.19. The smallest absolute Gasteiger partial charge is 0.0844 e. The van der Waals surface area contributed by atoms with Crippen molar-refractivity contribution in [3.63, 3.8) is 0 Å². The molecule has 0 N–H and O–H groups in total. The molecule has 0 fully saturated rings. The summed E-state index contributed by atoms with van der Waals surface area (Å²) >= 11 is 13.0. The van der Waals surface area contributed by atoms with Gasteiger partial charge in [0.1, 0.15) is 0 Å². The summed E-state index contributed by atoms with van der Waals surface area (Å²) in [7, 11) is 0. The fraction of sp³-hybridized carbons (Fsp3) is 0.158. The molecule has 0 saturated carbocycles. The molecule has 0 aliphatic heterocycles. The minimum Gasteiger partial charge on any atom is -0.113 e. The van der Waals surface area contributed by atoms with Gasteiger partial charge in [0.25, 0.3) is 0 Å². The molecule has 3 rings (SSSR count). The van der Waals surface area contributed by atoms with E-state index in [9.17, 15) is 0 Å². The number of rotatable bonds is 2. The van der Waals surface area contributed by atoms with Gasteiger partial charge < -0.3 is 0 Å². The first-order valence-corrected chi connectivity index (χ1v) is 7.78. The number of hydrogen-bond acceptors (Lipinski definition) is 0. The largest absolute Gasteiger partial charge is 0.113 e. The van der Waals surface area contributed by atoms with Gasteiger partial charge in [-0.25, -0.2) is 0 Å². The van der Waals surface area contributed by atoms with E-state index in [1.807, 2.05) is 25.1 Å². The van der Waals surface area contributed by atoms with E-state index in [1.165, 1.54) is 16.3 Å². The van der Waals surface area contributed by atoms with Crippen LogP contribution >= 0.6 is 23.2 Å². The van der Waals surface area contributed by atoms with Crippen LogP contribution in [-0.4, -0.2) is 0 Å². The van der Waals surface area contributed by atoms with E-state index in [-0.39, 0.29) is 5.38 Å². The van der Waals surface area contributed by atoms with Crippen molar-refractivity contribution in [3.05, 3.63) is 81.9 Å². The van der Waals surface area contributed by atoms with Gasteiger partial charge in [-0.05, 0) is 52.9 Å². The van der Waals surface area contributed by atoms with Crippen molar-refractivity contribution >= 4 is 34.0 Å². The third-order valence-electron chi connectivity index (χ3n) is 3.93. The molecule has 0 amide bonds. The van der Waals surface area contributed by atoms with Gasteiger partial charge in [0.05, 0.1) is 5.38 Å². The lowest BCUT2D eigenvalue weighted by Crippen LogP contribution is -1.98. The van der Waals surface area contributed by atoms with Crippen LogP contribution in [-0.2, 0) is 0 Å². The van der Waals surface area contributed by atoms with Gasteiger partial charge >= 0.3 is 0 Å². The number of alkyl halides is 1. The lowest BCUT2D eigenvalue weighted by atomic mass is 9.93. The SMILES string of the molecule is Cc1ccc(C(Cl)c2c(C)ccc3ccccc23)cc1Cl. The summed E-state index contributed by atoms with van der Waals surface area (Å²) in [6.07, 6.45) is 0. The fourth-order valence-electron chi connectivity index (χ4n) is 2.67. The molecular weight excluding hydrogens is 299 g/mol. The van der Waals surface area contributed by atoms with Gasteiger partial charge in [-0.1, -0.05) is 60.1 Å². The van der Waals surface area contributed by atoms with Crippen LogP contribution in [0.15, 0.2) is 54.6 Å². The van der Waals surface area contributed by atoms with Gasteiger partial charge in [0.15, 0.2) is 0 Å². The molecule has 0 saturated heterocycles. The zero-order chi connectivity index (χ0) is 15.0. The summed E-state index contributed by atoms with van der Waals surface area (Å²) in [4.78, 5) is 0. The van der Waals surface area contributed by atoms with E-state index >= 15 is 0 Å². The maximum atomic E-state index is 6.78. The first-order chi connectivity index (χ1) is 10.1. The zero-order valence-corrected chi connectivity index (χ0v) is 13.5. The van der Waals surface area contributed by atoms with Crippen molar-refractivity contribution in [1.29, 1.82) is 0 Å². The third kappa shape index (κ3) is 2.66. The fourth-order valence-corrected chi connectivity index (χ4v) is 3.29. The monoisotopic (exact) mass is 314 g/mol. The number of hydrogen-bond donors (Lipinski definition) is 0. The van der Waals surface area contributed by atoms with Crippen LogP contribution in [0.3, 0.4) is 0 Å². The summed E-state index contributed by atoms with van der Waals surface area (Å²) < 4.78 is 0. The molecule has 0 aromatic heterocycles. The molecular formula is C19H16Cl2. The summed E-state index contributed by atoms with van der Waals surface area (Å²) in [6.45, 7) is 4.10. The third-order valence-corrected chi connectivity index (χ3v) is 4.81. The number of aryl methyl sites for hydroxylation is 2. The molecule has 3 aromatic carbocycles. The molecule has 0 aliphatic carbocycles. The predicted molar refractivity (Wildman–Crippen MR) is 92.6 cm³/mol. The molecule has 21 heavy (non-hydrogen) atoms. The molecule has 0 aliphatic rings. The number of halogens is 2. The number of fused-ring (bicyclic) bond motifs is 1. The van der Waals surface area contributed by atoms with Crippen molar-refractivity contribution in [1.82, 2.24) is 0 Å². The second-order valence-electron chi connectivity index (χ2n) is 5.39. The minimum absolute atomic E-state index is 0.200. The minimum atomic E-state index is -0.200. The molecule has 3 aromatic rings. The Hall–Kier alpha value is -1.50. The van der Waals surface area contributed by atoms with Gasteiger partial charge in [0, 0.05) is 5.02 Å². The Kier molecular flexibility index (Phi) is 3.93. The second-order valence-corrected chi connectivity index (χ2v) is 6.23. The van der Waals surface area contributed by atoms with E-state index in [0.717, 1.165) is 21.7 Å². The van der Waals surface area contributed by atoms with E-state index in [2.05, 4.69) is 43.3 Å². The molecule has 0 spiro atoms. The van der Waals surface area contributed by atoms with Crippen molar-refractivity contribution in [3.8, 4) is 0 Å². The summed E-state index contributed by atoms with van der Waals surface area (Å²) in [5.74, 6) is 0. The van der Waals surface area contributed by atoms with E-state index in [0.29, 0.717) is 0 Å². The molecule has 0 nitrogen and oxygen atoms in total. The highest BCUT2D eigenvalue weighted by Gasteiger charge is 2.17. The summed E-state index contributed by atoms with van der Waals surface area (Å²) in [5, 5.41) is 2.97. The Labute approximate surface area is 135 Å². The lowest BCUT2D eigenvalue weighted by molar-refractivity contribution is 1.13. The van der Waals surface area contributed by atoms with E-state index in [4.69, 9.17) is 23.2 Å². The standard InChI is InChI=1S/C19H16Cl2/c1-12-7-10-15(11-17(12)20)19(21)18-13(2)8-9-14-5-3-4-6-16(14)18/h3-11,19H,1-2H3. The van der Waals surface area contributed by atoms with Crippen LogP contribution in [0, 0.1) is 13.8 Å². The molecule has 1 atom stereocenters.